The van der Waals surface area contributed by atoms with Crippen LogP contribution >= 0.6 is 11.8 Å². The van der Waals surface area contributed by atoms with Gasteiger partial charge >= 0.3 is 0 Å². The summed E-state index contributed by atoms with van der Waals surface area (Å²) in [5, 5.41) is 6.74. The van der Waals surface area contributed by atoms with Crippen LogP contribution in [0.2, 0.25) is 0 Å². The zero-order valence-electron chi connectivity index (χ0n) is 11.4. The van der Waals surface area contributed by atoms with Crippen LogP contribution in [0, 0.1) is 6.92 Å². The lowest BCUT2D eigenvalue weighted by Gasteiger charge is -2.24. The number of hydrogen-bond donors (Lipinski definition) is 2. The molecule has 1 saturated heterocycles. The van der Waals surface area contributed by atoms with Crippen LogP contribution in [0.4, 0.5) is 11.6 Å². The highest BCUT2D eigenvalue weighted by Crippen LogP contribution is 2.37. The van der Waals surface area contributed by atoms with Crippen LogP contribution in [0.25, 0.3) is 0 Å². The summed E-state index contributed by atoms with van der Waals surface area (Å²) < 4.78 is 0.357. The molecule has 5 heteroatoms. The van der Waals surface area contributed by atoms with Gasteiger partial charge in [0, 0.05) is 23.4 Å². The Kier molecular flexibility index (Phi) is 4.32. The second-order valence-corrected chi connectivity index (χ2v) is 6.66. The van der Waals surface area contributed by atoms with E-state index in [9.17, 15) is 0 Å². The Labute approximate surface area is 113 Å². The van der Waals surface area contributed by atoms with Gasteiger partial charge in [0.05, 0.1) is 0 Å². The Morgan fingerprint density at radius 2 is 2.06 bits per heavy atom. The second-order valence-electron chi connectivity index (χ2n) is 4.98. The van der Waals surface area contributed by atoms with Crippen LogP contribution in [0.3, 0.4) is 0 Å². The summed E-state index contributed by atoms with van der Waals surface area (Å²) in [5.74, 6) is 3.16. The van der Waals surface area contributed by atoms with E-state index in [-0.39, 0.29) is 0 Å². The van der Waals surface area contributed by atoms with Gasteiger partial charge in [-0.2, -0.15) is 11.8 Å². The highest BCUT2D eigenvalue weighted by Gasteiger charge is 2.29. The first kappa shape index (κ1) is 13.5. The van der Waals surface area contributed by atoms with Crippen molar-refractivity contribution in [2.24, 2.45) is 0 Å². The third-order valence-electron chi connectivity index (χ3n) is 3.36. The fourth-order valence-corrected chi connectivity index (χ4v) is 3.47. The molecule has 1 aliphatic rings. The van der Waals surface area contributed by atoms with E-state index >= 15 is 0 Å². The van der Waals surface area contributed by atoms with E-state index in [4.69, 9.17) is 0 Å². The van der Waals surface area contributed by atoms with Crippen molar-refractivity contribution in [1.29, 1.82) is 0 Å². The van der Waals surface area contributed by atoms with Crippen molar-refractivity contribution < 1.29 is 0 Å². The molecule has 1 atom stereocenters. The zero-order chi connectivity index (χ0) is 13.0. The summed E-state index contributed by atoms with van der Waals surface area (Å²) in [6, 6.07) is 0. The highest BCUT2D eigenvalue weighted by atomic mass is 32.2. The maximum atomic E-state index is 4.34. The fourth-order valence-electron chi connectivity index (χ4n) is 2.22. The van der Waals surface area contributed by atoms with Crippen molar-refractivity contribution >= 4 is 23.4 Å². The van der Waals surface area contributed by atoms with Crippen LogP contribution < -0.4 is 10.6 Å². The van der Waals surface area contributed by atoms with Crippen LogP contribution in [-0.4, -0.2) is 33.6 Å². The van der Waals surface area contributed by atoms with Crippen molar-refractivity contribution in [3.63, 3.8) is 0 Å². The average Bonchev–Trinajstić information content (AvgIpc) is 2.78. The maximum Gasteiger partial charge on any atom is 0.134 e. The molecule has 18 heavy (non-hydrogen) atoms. The van der Waals surface area contributed by atoms with Crippen molar-refractivity contribution in [2.45, 2.75) is 38.4 Å². The Hall–Kier alpha value is -0.970. The average molecular weight is 266 g/mol. The first-order valence-electron chi connectivity index (χ1n) is 6.58. The molecule has 1 aliphatic heterocycles. The Morgan fingerprint density at radius 1 is 1.33 bits per heavy atom. The minimum Gasteiger partial charge on any atom is -0.370 e. The molecular formula is C13H22N4S. The van der Waals surface area contributed by atoms with Crippen LogP contribution in [0.5, 0.6) is 0 Å². The van der Waals surface area contributed by atoms with Crippen molar-refractivity contribution in [1.82, 2.24) is 9.97 Å². The van der Waals surface area contributed by atoms with Gasteiger partial charge in [-0.15, -0.1) is 0 Å². The Bertz CT molecular complexity index is 402. The lowest BCUT2D eigenvalue weighted by Crippen LogP contribution is -2.27. The summed E-state index contributed by atoms with van der Waals surface area (Å²) in [4.78, 5) is 8.60. The molecule has 0 aromatic carbocycles. The minimum absolute atomic E-state index is 0.357. The number of aromatic nitrogens is 2. The lowest BCUT2D eigenvalue weighted by molar-refractivity contribution is 0.633. The molecule has 0 saturated carbocycles. The Balaban J connectivity index is 2.02. The quantitative estimate of drug-likeness (QED) is 0.858. The zero-order valence-corrected chi connectivity index (χ0v) is 12.2. The van der Waals surface area contributed by atoms with E-state index in [1.165, 1.54) is 18.6 Å². The summed E-state index contributed by atoms with van der Waals surface area (Å²) in [6.07, 6.45) is 4.24. The Morgan fingerprint density at radius 3 is 2.67 bits per heavy atom. The number of nitrogens with zero attached hydrogens (tertiary/aromatic N) is 2. The lowest BCUT2D eigenvalue weighted by atomic mass is 10.1. The molecule has 100 valence electrons. The molecule has 1 aromatic heterocycles. The summed E-state index contributed by atoms with van der Waals surface area (Å²) in [7, 11) is 0. The molecule has 2 heterocycles. The fraction of sp³-hybridized carbons (Fsp3) is 0.692. The van der Waals surface area contributed by atoms with Crippen molar-refractivity contribution in [2.75, 3.05) is 29.5 Å². The van der Waals surface area contributed by atoms with Crippen LogP contribution in [0.15, 0.2) is 6.33 Å². The normalized spacial score (nSPS) is 23.1. The van der Waals surface area contributed by atoms with E-state index in [1.807, 2.05) is 0 Å². The van der Waals surface area contributed by atoms with Gasteiger partial charge in [0.15, 0.2) is 0 Å². The molecule has 0 radical (unpaired) electrons. The molecule has 1 fully saturated rings. The van der Waals surface area contributed by atoms with E-state index in [1.54, 1.807) is 6.33 Å². The number of thioether (sulfide) groups is 1. The summed E-state index contributed by atoms with van der Waals surface area (Å²) in [5.41, 5.74) is 1.10. The van der Waals surface area contributed by atoms with E-state index in [0.29, 0.717) is 4.75 Å². The monoisotopic (exact) mass is 266 g/mol. The van der Waals surface area contributed by atoms with Gasteiger partial charge in [0.25, 0.3) is 0 Å². The largest absolute Gasteiger partial charge is 0.370 e. The molecule has 1 unspecified atom stereocenters. The predicted molar refractivity (Wildman–Crippen MR) is 79.5 cm³/mol. The maximum absolute atomic E-state index is 4.34. The SMILES string of the molecule is CCNc1ncnc(NCC2(C)CCCS2)c1C. The molecule has 1 aromatic rings. The highest BCUT2D eigenvalue weighted by molar-refractivity contribution is 8.00. The van der Waals surface area contributed by atoms with Gasteiger partial charge in [-0.3, -0.25) is 0 Å². The number of rotatable bonds is 5. The van der Waals surface area contributed by atoms with Gasteiger partial charge in [-0.25, -0.2) is 9.97 Å². The molecule has 0 bridgehead atoms. The third-order valence-corrected chi connectivity index (χ3v) is 4.90. The third kappa shape index (κ3) is 3.07. The van der Waals surface area contributed by atoms with E-state index < -0.39 is 0 Å². The minimum atomic E-state index is 0.357. The summed E-state index contributed by atoms with van der Waals surface area (Å²) in [6.45, 7) is 8.32. The van der Waals surface area contributed by atoms with Gasteiger partial charge in [-0.1, -0.05) is 0 Å². The molecule has 0 aliphatic carbocycles. The molecule has 4 nitrogen and oxygen atoms in total. The summed E-state index contributed by atoms with van der Waals surface area (Å²) >= 11 is 2.06. The van der Waals surface area contributed by atoms with Gasteiger partial charge < -0.3 is 10.6 Å². The van der Waals surface area contributed by atoms with E-state index in [0.717, 1.165) is 30.3 Å². The smallest absolute Gasteiger partial charge is 0.134 e. The van der Waals surface area contributed by atoms with E-state index in [2.05, 4.69) is 53.1 Å². The topological polar surface area (TPSA) is 49.8 Å². The van der Waals surface area contributed by atoms with Gasteiger partial charge in [0.2, 0.25) is 0 Å². The number of hydrogen-bond acceptors (Lipinski definition) is 5. The van der Waals surface area contributed by atoms with Crippen molar-refractivity contribution in [3.8, 4) is 0 Å². The van der Waals surface area contributed by atoms with Gasteiger partial charge in [0.1, 0.15) is 18.0 Å². The number of anilines is 2. The second kappa shape index (κ2) is 5.78. The van der Waals surface area contributed by atoms with Crippen LogP contribution in [0.1, 0.15) is 32.3 Å². The van der Waals surface area contributed by atoms with Crippen LogP contribution in [-0.2, 0) is 0 Å². The molecule has 2 rings (SSSR count). The molecule has 0 amide bonds. The molecular weight excluding hydrogens is 244 g/mol. The standard InChI is InChI=1S/C13H22N4S/c1-4-14-11-10(2)12(17-9-16-11)15-8-13(3)6-5-7-18-13/h9H,4-8H2,1-3H3,(H2,14,15,16,17). The molecule has 0 spiro atoms. The predicted octanol–water partition coefficient (Wildman–Crippen LogP) is 2.91. The van der Waals surface area contributed by atoms with Gasteiger partial charge in [-0.05, 0) is 39.4 Å². The van der Waals surface area contributed by atoms with Crippen molar-refractivity contribution in [3.05, 3.63) is 11.9 Å². The number of nitrogens with one attached hydrogen (secondary N) is 2. The molecule has 2 N–H and O–H groups in total. The first-order valence-corrected chi connectivity index (χ1v) is 7.56. The first-order chi connectivity index (χ1) is 8.64.